The number of ether oxygens (including phenoxy) is 2. The van der Waals surface area contributed by atoms with E-state index in [1.54, 1.807) is 6.92 Å². The fourth-order valence-electron chi connectivity index (χ4n) is 1.45. The summed E-state index contributed by atoms with van der Waals surface area (Å²) in [6.07, 6.45) is -0.0240. The van der Waals surface area contributed by atoms with Crippen LogP contribution >= 0.6 is 0 Å². The van der Waals surface area contributed by atoms with E-state index < -0.39 is 12.0 Å². The van der Waals surface area contributed by atoms with Crippen molar-refractivity contribution in [2.75, 3.05) is 26.1 Å². The number of urea groups is 1. The number of aliphatic carboxylic acids is 1. The fraction of sp³-hybridized carbons (Fsp3) is 0.500. The van der Waals surface area contributed by atoms with Crippen LogP contribution in [0.1, 0.15) is 13.3 Å². The summed E-state index contributed by atoms with van der Waals surface area (Å²) < 4.78 is 9.91. The van der Waals surface area contributed by atoms with Gasteiger partial charge in [-0.15, -0.1) is 0 Å². The van der Waals surface area contributed by atoms with E-state index in [1.165, 1.54) is 20.3 Å². The standard InChI is InChI=1S/C12H18N4O5/c1-7(4-10(17)18)6-13-12(19)16-11-14-8(20-2)5-9(15-11)21-3/h5,7H,4,6H2,1-3H3,(H,17,18)(H2,13,14,15,16,19). The van der Waals surface area contributed by atoms with Crippen molar-refractivity contribution in [2.45, 2.75) is 13.3 Å². The molecule has 1 rings (SSSR count). The molecule has 9 nitrogen and oxygen atoms in total. The number of nitrogens with one attached hydrogen (secondary N) is 2. The van der Waals surface area contributed by atoms with Crippen LogP contribution < -0.4 is 20.1 Å². The Balaban J connectivity index is 2.56. The van der Waals surface area contributed by atoms with Crippen molar-refractivity contribution < 1.29 is 24.2 Å². The van der Waals surface area contributed by atoms with Gasteiger partial charge in [0.25, 0.3) is 0 Å². The first-order valence-electron chi connectivity index (χ1n) is 6.18. The predicted molar refractivity (Wildman–Crippen MR) is 73.6 cm³/mol. The minimum absolute atomic E-state index is 0.0228. The van der Waals surface area contributed by atoms with E-state index in [2.05, 4.69) is 20.6 Å². The van der Waals surface area contributed by atoms with Crippen LogP contribution in [0.4, 0.5) is 10.7 Å². The SMILES string of the molecule is COc1cc(OC)nc(NC(=O)NCC(C)CC(=O)O)n1. The van der Waals surface area contributed by atoms with Crippen molar-refractivity contribution in [1.82, 2.24) is 15.3 Å². The monoisotopic (exact) mass is 298 g/mol. The van der Waals surface area contributed by atoms with Gasteiger partial charge in [0, 0.05) is 13.0 Å². The van der Waals surface area contributed by atoms with E-state index in [0.717, 1.165) is 0 Å². The Morgan fingerprint density at radius 3 is 2.33 bits per heavy atom. The molecule has 2 amide bonds. The molecule has 0 radical (unpaired) electrons. The number of carboxylic acid groups (broad SMARTS) is 1. The van der Waals surface area contributed by atoms with Crippen LogP contribution in [0.5, 0.6) is 11.8 Å². The van der Waals surface area contributed by atoms with Crippen LogP contribution in [0.3, 0.4) is 0 Å². The first-order valence-corrected chi connectivity index (χ1v) is 6.18. The minimum atomic E-state index is -0.912. The third-order valence-electron chi connectivity index (χ3n) is 2.46. The summed E-state index contributed by atoms with van der Waals surface area (Å²) in [4.78, 5) is 30.1. The van der Waals surface area contributed by atoms with Crippen molar-refractivity contribution in [3.63, 3.8) is 0 Å². The molecule has 1 atom stereocenters. The third-order valence-corrected chi connectivity index (χ3v) is 2.46. The molecule has 1 unspecified atom stereocenters. The number of hydrogen-bond donors (Lipinski definition) is 3. The van der Waals surface area contributed by atoms with Gasteiger partial charge in [0.1, 0.15) is 0 Å². The number of carbonyl (C=O) groups is 2. The number of carboxylic acids is 1. The van der Waals surface area contributed by atoms with Gasteiger partial charge in [0.15, 0.2) is 0 Å². The summed E-state index contributed by atoms with van der Waals surface area (Å²) in [5.74, 6) is -0.582. The van der Waals surface area contributed by atoms with Gasteiger partial charge >= 0.3 is 12.0 Å². The number of carbonyl (C=O) groups excluding carboxylic acids is 1. The van der Waals surface area contributed by atoms with Crippen LogP contribution in [0.15, 0.2) is 6.07 Å². The number of methoxy groups -OCH3 is 2. The number of amides is 2. The van der Waals surface area contributed by atoms with Crippen molar-refractivity contribution >= 4 is 17.9 Å². The molecule has 0 aliphatic heterocycles. The van der Waals surface area contributed by atoms with Gasteiger partial charge in [-0.1, -0.05) is 6.92 Å². The Labute approximate surface area is 121 Å². The van der Waals surface area contributed by atoms with E-state index in [9.17, 15) is 9.59 Å². The maximum Gasteiger partial charge on any atom is 0.321 e. The number of nitrogens with zero attached hydrogens (tertiary/aromatic N) is 2. The molecule has 0 saturated carbocycles. The summed E-state index contributed by atoms with van der Waals surface area (Å²) in [6.45, 7) is 1.94. The lowest BCUT2D eigenvalue weighted by Crippen LogP contribution is -2.33. The molecule has 0 aliphatic rings. The van der Waals surface area contributed by atoms with Crippen LogP contribution in [-0.4, -0.2) is 47.8 Å². The van der Waals surface area contributed by atoms with Gasteiger partial charge in [0.2, 0.25) is 17.7 Å². The zero-order valence-corrected chi connectivity index (χ0v) is 12.0. The van der Waals surface area contributed by atoms with E-state index in [4.69, 9.17) is 14.6 Å². The molecular formula is C12H18N4O5. The quantitative estimate of drug-likeness (QED) is 0.678. The van der Waals surface area contributed by atoms with Gasteiger partial charge in [-0.2, -0.15) is 9.97 Å². The van der Waals surface area contributed by atoms with Gasteiger partial charge in [-0.3, -0.25) is 10.1 Å². The minimum Gasteiger partial charge on any atom is -0.481 e. The van der Waals surface area contributed by atoms with Crippen LogP contribution in [-0.2, 0) is 4.79 Å². The molecule has 1 aromatic rings. The van der Waals surface area contributed by atoms with Gasteiger partial charge in [-0.05, 0) is 5.92 Å². The van der Waals surface area contributed by atoms with Gasteiger partial charge < -0.3 is 19.9 Å². The molecule has 0 spiro atoms. The summed E-state index contributed by atoms with van der Waals surface area (Å²) in [5.41, 5.74) is 0. The average molecular weight is 298 g/mol. The summed E-state index contributed by atoms with van der Waals surface area (Å²) in [6, 6.07) is 0.931. The molecule has 116 valence electrons. The lowest BCUT2D eigenvalue weighted by Gasteiger charge is -2.11. The number of anilines is 1. The van der Waals surface area contributed by atoms with Crippen LogP contribution in [0.25, 0.3) is 0 Å². The number of rotatable bonds is 7. The maximum atomic E-state index is 11.7. The molecule has 3 N–H and O–H groups in total. The molecule has 0 fully saturated rings. The molecule has 0 saturated heterocycles. The lowest BCUT2D eigenvalue weighted by molar-refractivity contribution is -0.137. The topological polar surface area (TPSA) is 123 Å². The molecule has 1 aromatic heterocycles. The highest BCUT2D eigenvalue weighted by Gasteiger charge is 2.11. The van der Waals surface area contributed by atoms with E-state index in [1.807, 2.05) is 0 Å². The second-order valence-corrected chi connectivity index (χ2v) is 4.31. The first-order chi connectivity index (χ1) is 9.94. The predicted octanol–water partition coefficient (Wildman–Crippen LogP) is 0.726. The van der Waals surface area contributed by atoms with E-state index in [0.29, 0.717) is 0 Å². The molecule has 0 aliphatic carbocycles. The molecule has 0 bridgehead atoms. The Morgan fingerprint density at radius 1 is 1.29 bits per heavy atom. The third kappa shape index (κ3) is 5.93. The van der Waals surface area contributed by atoms with Crippen molar-refractivity contribution in [2.24, 2.45) is 5.92 Å². The second kappa shape index (κ2) is 7.88. The normalized spacial score (nSPS) is 11.4. The van der Waals surface area contributed by atoms with E-state index in [-0.39, 0.29) is 36.6 Å². The van der Waals surface area contributed by atoms with Crippen LogP contribution in [0.2, 0.25) is 0 Å². The molecule has 21 heavy (non-hydrogen) atoms. The zero-order chi connectivity index (χ0) is 15.8. The van der Waals surface area contributed by atoms with Crippen LogP contribution in [0, 0.1) is 5.92 Å². The Hall–Kier alpha value is -2.58. The highest BCUT2D eigenvalue weighted by molar-refractivity contribution is 5.87. The smallest absolute Gasteiger partial charge is 0.321 e. The highest BCUT2D eigenvalue weighted by atomic mass is 16.5. The first kappa shape index (κ1) is 16.5. The Morgan fingerprint density at radius 2 is 1.86 bits per heavy atom. The van der Waals surface area contributed by atoms with E-state index >= 15 is 0 Å². The largest absolute Gasteiger partial charge is 0.481 e. The summed E-state index contributed by atoms with van der Waals surface area (Å²) in [5, 5.41) is 13.6. The maximum absolute atomic E-state index is 11.7. The highest BCUT2D eigenvalue weighted by Crippen LogP contribution is 2.17. The average Bonchev–Trinajstić information content (AvgIpc) is 2.44. The number of hydrogen-bond acceptors (Lipinski definition) is 6. The molecule has 0 aromatic carbocycles. The zero-order valence-electron chi connectivity index (χ0n) is 12.0. The summed E-state index contributed by atoms with van der Waals surface area (Å²) in [7, 11) is 2.86. The molecular weight excluding hydrogens is 280 g/mol. The Kier molecular flexibility index (Phi) is 6.18. The molecule has 9 heteroatoms. The summed E-state index contributed by atoms with van der Waals surface area (Å²) >= 11 is 0. The van der Waals surface area contributed by atoms with Crippen molar-refractivity contribution in [3.05, 3.63) is 6.07 Å². The molecule has 1 heterocycles. The van der Waals surface area contributed by atoms with Gasteiger partial charge in [0.05, 0.1) is 20.3 Å². The number of aromatic nitrogens is 2. The van der Waals surface area contributed by atoms with Gasteiger partial charge in [-0.25, -0.2) is 4.79 Å². The Bertz CT molecular complexity index is 486. The lowest BCUT2D eigenvalue weighted by atomic mass is 10.1. The second-order valence-electron chi connectivity index (χ2n) is 4.31. The fourth-order valence-corrected chi connectivity index (χ4v) is 1.45. The van der Waals surface area contributed by atoms with Crippen molar-refractivity contribution in [3.8, 4) is 11.8 Å². The van der Waals surface area contributed by atoms with Crippen molar-refractivity contribution in [1.29, 1.82) is 0 Å².